The van der Waals surface area contributed by atoms with Crippen molar-refractivity contribution in [1.29, 1.82) is 0 Å². The van der Waals surface area contributed by atoms with Crippen LogP contribution >= 0.6 is 0 Å². The molecule has 0 aromatic heterocycles. The quantitative estimate of drug-likeness (QED) is 0.349. The summed E-state index contributed by atoms with van der Waals surface area (Å²) in [5.74, 6) is 0.185. The zero-order chi connectivity index (χ0) is 21.8. The largest absolute Gasteiger partial charge is 0.482 e. The lowest BCUT2D eigenvalue weighted by molar-refractivity contribution is -0.136. The van der Waals surface area contributed by atoms with Crippen LogP contribution in [0.25, 0.3) is 10.8 Å². The van der Waals surface area contributed by atoms with Gasteiger partial charge in [-0.2, -0.15) is 0 Å². The van der Waals surface area contributed by atoms with Crippen molar-refractivity contribution in [3.63, 3.8) is 0 Å². The fourth-order valence-corrected chi connectivity index (χ4v) is 3.43. The lowest BCUT2D eigenvalue weighted by Crippen LogP contribution is -2.43. The van der Waals surface area contributed by atoms with Crippen LogP contribution in [0.1, 0.15) is 18.9 Å². The highest BCUT2D eigenvalue weighted by atomic mass is 16.6. The first-order valence-corrected chi connectivity index (χ1v) is 9.96. The van der Waals surface area contributed by atoms with Gasteiger partial charge in [0.05, 0.1) is 0 Å². The van der Waals surface area contributed by atoms with E-state index < -0.39 is 17.5 Å². The molecule has 0 bridgehead atoms. The predicted octanol–water partition coefficient (Wildman–Crippen LogP) is 3.35. The predicted molar refractivity (Wildman–Crippen MR) is 115 cm³/mol. The summed E-state index contributed by atoms with van der Waals surface area (Å²) in [6.45, 7) is 1.49. The molecule has 4 rings (SSSR count). The molecule has 3 aromatic rings. The SMILES string of the molecule is C[C@]1(CCc2ccc(OC(=O)COc3ccc4ccccc4c3)cc2)NC(=O)NC1=O. The number of carbonyl (C=O) groups is 3. The van der Waals surface area contributed by atoms with Crippen LogP contribution < -0.4 is 20.1 Å². The van der Waals surface area contributed by atoms with Gasteiger partial charge in [-0.25, -0.2) is 9.59 Å². The Hall–Kier alpha value is -3.87. The van der Waals surface area contributed by atoms with Crippen LogP contribution in [0.2, 0.25) is 0 Å². The second-order valence-corrected chi connectivity index (χ2v) is 7.66. The number of rotatable bonds is 7. The van der Waals surface area contributed by atoms with Crippen LogP contribution in [0.4, 0.5) is 4.79 Å². The minimum Gasteiger partial charge on any atom is -0.482 e. The summed E-state index contributed by atoms with van der Waals surface area (Å²) in [4.78, 5) is 35.3. The minimum atomic E-state index is -0.914. The molecule has 1 fully saturated rings. The summed E-state index contributed by atoms with van der Waals surface area (Å²) in [7, 11) is 0. The van der Waals surface area contributed by atoms with Gasteiger partial charge in [0, 0.05) is 0 Å². The van der Waals surface area contributed by atoms with Crippen molar-refractivity contribution in [3.8, 4) is 11.5 Å². The Bertz CT molecular complexity index is 1140. The summed E-state index contributed by atoms with van der Waals surface area (Å²) in [6.07, 6.45) is 1.05. The number of urea groups is 1. The average Bonchev–Trinajstić information content (AvgIpc) is 3.03. The molecule has 3 amide bonds. The van der Waals surface area contributed by atoms with Gasteiger partial charge in [0.2, 0.25) is 0 Å². The Morgan fingerprint density at radius 1 is 0.935 bits per heavy atom. The zero-order valence-corrected chi connectivity index (χ0v) is 17.0. The number of aryl methyl sites for hydroxylation is 1. The van der Waals surface area contributed by atoms with E-state index in [1.165, 1.54) is 0 Å². The van der Waals surface area contributed by atoms with Crippen LogP contribution in [-0.2, 0) is 16.0 Å². The Balaban J connectivity index is 1.27. The molecule has 0 radical (unpaired) electrons. The van der Waals surface area contributed by atoms with Crippen LogP contribution in [-0.4, -0.2) is 30.1 Å². The maximum Gasteiger partial charge on any atom is 0.349 e. The maximum atomic E-state index is 12.1. The molecule has 1 saturated heterocycles. The number of esters is 1. The lowest BCUT2D eigenvalue weighted by Gasteiger charge is -2.20. The highest BCUT2D eigenvalue weighted by molar-refractivity contribution is 6.06. The molecule has 3 aromatic carbocycles. The fourth-order valence-electron chi connectivity index (χ4n) is 3.43. The number of benzene rings is 3. The van der Waals surface area contributed by atoms with Crippen molar-refractivity contribution >= 4 is 28.7 Å². The van der Waals surface area contributed by atoms with Gasteiger partial charge in [-0.1, -0.05) is 42.5 Å². The van der Waals surface area contributed by atoms with Crippen LogP contribution in [0, 0.1) is 0 Å². The zero-order valence-electron chi connectivity index (χ0n) is 17.0. The molecule has 2 N–H and O–H groups in total. The molecule has 0 saturated carbocycles. The number of imide groups is 1. The Kier molecular flexibility index (Phi) is 5.58. The van der Waals surface area contributed by atoms with Gasteiger partial charge in [0.25, 0.3) is 5.91 Å². The van der Waals surface area contributed by atoms with E-state index in [1.807, 2.05) is 54.6 Å². The molecular formula is C24H22N2O5. The van der Waals surface area contributed by atoms with Crippen LogP contribution in [0.5, 0.6) is 11.5 Å². The van der Waals surface area contributed by atoms with Gasteiger partial charge in [-0.05, 0) is 60.4 Å². The number of ether oxygens (including phenoxy) is 2. The van der Waals surface area contributed by atoms with Gasteiger partial charge in [0.15, 0.2) is 6.61 Å². The highest BCUT2D eigenvalue weighted by Crippen LogP contribution is 2.22. The monoisotopic (exact) mass is 418 g/mol. The molecule has 1 heterocycles. The fraction of sp³-hybridized carbons (Fsp3) is 0.208. The number of carbonyl (C=O) groups excluding carboxylic acids is 3. The maximum absolute atomic E-state index is 12.1. The number of nitrogens with one attached hydrogen (secondary N) is 2. The third-order valence-electron chi connectivity index (χ3n) is 5.26. The van der Waals surface area contributed by atoms with E-state index in [0.717, 1.165) is 16.3 Å². The average molecular weight is 418 g/mol. The summed E-state index contributed by atoms with van der Waals surface area (Å²) in [6, 6.07) is 20.1. The first-order chi connectivity index (χ1) is 14.9. The van der Waals surface area contributed by atoms with Gasteiger partial charge in [-0.3, -0.25) is 10.1 Å². The van der Waals surface area contributed by atoms with E-state index in [-0.39, 0.29) is 12.5 Å². The van der Waals surface area contributed by atoms with E-state index >= 15 is 0 Å². The first kappa shape index (κ1) is 20.4. The first-order valence-electron chi connectivity index (χ1n) is 9.96. The minimum absolute atomic E-state index is 0.201. The molecule has 0 aliphatic carbocycles. The normalized spacial score (nSPS) is 17.8. The summed E-state index contributed by atoms with van der Waals surface area (Å²) in [5.41, 5.74) is 0.0462. The molecule has 31 heavy (non-hydrogen) atoms. The molecule has 1 atom stereocenters. The number of hydrogen-bond acceptors (Lipinski definition) is 5. The van der Waals surface area contributed by atoms with Gasteiger partial charge < -0.3 is 14.8 Å². The molecule has 1 aliphatic heterocycles. The topological polar surface area (TPSA) is 93.7 Å². The summed E-state index contributed by atoms with van der Waals surface area (Å²) < 4.78 is 10.9. The van der Waals surface area contributed by atoms with Crippen molar-refractivity contribution in [2.45, 2.75) is 25.3 Å². The van der Waals surface area contributed by atoms with Crippen molar-refractivity contribution in [2.75, 3.05) is 6.61 Å². The van der Waals surface area contributed by atoms with Gasteiger partial charge >= 0.3 is 12.0 Å². The summed E-state index contributed by atoms with van der Waals surface area (Å²) >= 11 is 0. The Morgan fingerprint density at radius 2 is 1.65 bits per heavy atom. The second-order valence-electron chi connectivity index (χ2n) is 7.66. The van der Waals surface area contributed by atoms with Crippen molar-refractivity contribution in [3.05, 3.63) is 72.3 Å². The molecule has 7 heteroatoms. The van der Waals surface area contributed by atoms with Crippen LogP contribution in [0.3, 0.4) is 0 Å². The standard InChI is InChI=1S/C24H22N2O5/c1-24(22(28)25-23(29)26-24)13-12-16-6-9-19(10-7-16)31-21(27)15-30-20-11-8-17-4-2-3-5-18(17)14-20/h2-11,14H,12-13,15H2,1H3,(H2,25,26,28,29)/t24-/m1/s1. The van der Waals surface area contributed by atoms with Crippen molar-refractivity contribution < 1.29 is 23.9 Å². The van der Waals surface area contributed by atoms with E-state index in [2.05, 4.69) is 10.6 Å². The number of amides is 3. The third kappa shape index (κ3) is 4.83. The van der Waals surface area contributed by atoms with E-state index in [0.29, 0.717) is 24.3 Å². The molecule has 7 nitrogen and oxygen atoms in total. The van der Waals surface area contributed by atoms with Crippen LogP contribution in [0.15, 0.2) is 66.7 Å². The molecule has 0 unspecified atom stereocenters. The van der Waals surface area contributed by atoms with E-state index in [1.54, 1.807) is 19.1 Å². The number of hydrogen-bond donors (Lipinski definition) is 2. The smallest absolute Gasteiger partial charge is 0.349 e. The van der Waals surface area contributed by atoms with E-state index in [4.69, 9.17) is 9.47 Å². The Morgan fingerprint density at radius 3 is 2.35 bits per heavy atom. The Labute approximate surface area is 179 Å². The molecule has 1 aliphatic rings. The van der Waals surface area contributed by atoms with Gasteiger partial charge in [0.1, 0.15) is 17.0 Å². The lowest BCUT2D eigenvalue weighted by atomic mass is 9.93. The third-order valence-corrected chi connectivity index (χ3v) is 5.26. The van der Waals surface area contributed by atoms with E-state index in [9.17, 15) is 14.4 Å². The highest BCUT2D eigenvalue weighted by Gasteiger charge is 2.41. The molecule has 0 spiro atoms. The molecular weight excluding hydrogens is 396 g/mol. The van der Waals surface area contributed by atoms with Crippen molar-refractivity contribution in [2.24, 2.45) is 0 Å². The number of fused-ring (bicyclic) bond motifs is 1. The second kappa shape index (κ2) is 8.47. The summed E-state index contributed by atoms with van der Waals surface area (Å²) in [5, 5.41) is 7.02. The van der Waals surface area contributed by atoms with Gasteiger partial charge in [-0.15, -0.1) is 0 Å². The molecule has 158 valence electrons. The van der Waals surface area contributed by atoms with Crippen molar-refractivity contribution in [1.82, 2.24) is 10.6 Å².